The van der Waals surface area contributed by atoms with Gasteiger partial charge in [-0.2, -0.15) is 14.6 Å². The first kappa shape index (κ1) is 17.0. The van der Waals surface area contributed by atoms with E-state index >= 15 is 0 Å². The molecule has 0 fully saturated rings. The van der Waals surface area contributed by atoms with Crippen molar-refractivity contribution in [3.63, 3.8) is 0 Å². The predicted octanol–water partition coefficient (Wildman–Crippen LogP) is 2.80. The average Bonchev–Trinajstić information content (AvgIpc) is 3.09. The van der Waals surface area contributed by atoms with Gasteiger partial charge in [0.2, 0.25) is 0 Å². The van der Waals surface area contributed by atoms with Crippen molar-refractivity contribution in [3.05, 3.63) is 41.3 Å². The maximum Gasteiger partial charge on any atom is 0.254 e. The van der Waals surface area contributed by atoms with Crippen LogP contribution in [-0.4, -0.2) is 40.3 Å². The van der Waals surface area contributed by atoms with Crippen LogP contribution >= 0.6 is 0 Å². The van der Waals surface area contributed by atoms with Crippen LogP contribution in [0.5, 0.6) is 11.5 Å². The molecule has 0 aliphatic rings. The highest BCUT2D eigenvalue weighted by atomic mass is 16.5. The predicted molar refractivity (Wildman–Crippen MR) is 96.6 cm³/mol. The number of hydrogen-bond acceptors (Lipinski definition) is 6. The third kappa shape index (κ3) is 3.50. The van der Waals surface area contributed by atoms with Crippen molar-refractivity contribution >= 4 is 11.6 Å². The second-order valence-electron chi connectivity index (χ2n) is 5.85. The van der Waals surface area contributed by atoms with Gasteiger partial charge in [0.1, 0.15) is 23.6 Å². The van der Waals surface area contributed by atoms with Crippen molar-refractivity contribution in [3.8, 4) is 11.5 Å². The van der Waals surface area contributed by atoms with Crippen LogP contribution in [0.2, 0.25) is 0 Å². The second kappa shape index (κ2) is 7.38. The summed E-state index contributed by atoms with van der Waals surface area (Å²) in [6.07, 6.45) is 3.35. The highest BCUT2D eigenvalue weighted by molar-refractivity contribution is 5.51. The van der Waals surface area contributed by atoms with Crippen LogP contribution < -0.4 is 14.8 Å². The zero-order valence-corrected chi connectivity index (χ0v) is 15.0. The van der Waals surface area contributed by atoms with Gasteiger partial charge < -0.3 is 14.8 Å². The number of anilines is 1. The molecule has 0 unspecified atom stereocenters. The monoisotopic (exact) mass is 341 g/mol. The standard InChI is InChI=1S/C18H23N5O2/c1-12-13(2)22-18-20-11-21-23(18)17(12)19-9-5-6-14-10-15(24-3)7-8-16(14)25-4/h7-8,10-11,19H,5-6,9H2,1-4H3. The fraction of sp³-hybridized carbons (Fsp3) is 0.389. The van der Waals surface area contributed by atoms with Gasteiger partial charge in [-0.1, -0.05) is 0 Å². The number of aryl methyl sites for hydroxylation is 2. The fourth-order valence-electron chi connectivity index (χ4n) is 2.80. The van der Waals surface area contributed by atoms with Gasteiger partial charge in [0.05, 0.1) is 14.2 Å². The Balaban J connectivity index is 1.68. The van der Waals surface area contributed by atoms with Crippen LogP contribution in [-0.2, 0) is 6.42 Å². The molecule has 0 saturated heterocycles. The van der Waals surface area contributed by atoms with E-state index in [0.717, 1.165) is 53.5 Å². The third-order valence-corrected chi connectivity index (χ3v) is 4.31. The molecule has 0 amide bonds. The summed E-state index contributed by atoms with van der Waals surface area (Å²) in [5.41, 5.74) is 3.17. The first-order valence-electron chi connectivity index (χ1n) is 8.25. The summed E-state index contributed by atoms with van der Waals surface area (Å²) in [6, 6.07) is 5.87. The number of aromatic nitrogens is 4. The molecule has 7 heteroatoms. The summed E-state index contributed by atoms with van der Waals surface area (Å²) in [6.45, 7) is 4.83. The number of ether oxygens (including phenoxy) is 2. The van der Waals surface area contributed by atoms with Crippen molar-refractivity contribution in [2.75, 3.05) is 26.1 Å². The lowest BCUT2D eigenvalue weighted by Crippen LogP contribution is -2.11. The van der Waals surface area contributed by atoms with Crippen LogP contribution in [0, 0.1) is 13.8 Å². The van der Waals surface area contributed by atoms with E-state index in [1.54, 1.807) is 18.7 Å². The first-order chi connectivity index (χ1) is 12.1. The zero-order chi connectivity index (χ0) is 17.8. The molecule has 0 radical (unpaired) electrons. The number of fused-ring (bicyclic) bond motifs is 1. The van der Waals surface area contributed by atoms with Gasteiger partial charge in [0.25, 0.3) is 5.78 Å². The molecule has 3 aromatic rings. The maximum absolute atomic E-state index is 5.44. The molecule has 1 N–H and O–H groups in total. The summed E-state index contributed by atoms with van der Waals surface area (Å²) in [5, 5.41) is 7.72. The average molecular weight is 341 g/mol. The molecule has 0 atom stereocenters. The van der Waals surface area contributed by atoms with E-state index in [9.17, 15) is 0 Å². The largest absolute Gasteiger partial charge is 0.497 e. The molecule has 25 heavy (non-hydrogen) atoms. The minimum absolute atomic E-state index is 0.611. The molecule has 2 heterocycles. The summed E-state index contributed by atoms with van der Waals surface area (Å²) in [4.78, 5) is 8.60. The minimum atomic E-state index is 0.611. The van der Waals surface area contributed by atoms with Crippen molar-refractivity contribution < 1.29 is 9.47 Å². The molecule has 3 rings (SSSR count). The van der Waals surface area contributed by atoms with Gasteiger partial charge in [-0.3, -0.25) is 0 Å². The summed E-state index contributed by atoms with van der Waals surface area (Å²) in [7, 11) is 3.36. The Morgan fingerprint density at radius 3 is 2.76 bits per heavy atom. The van der Waals surface area contributed by atoms with Crippen molar-refractivity contribution in [1.29, 1.82) is 0 Å². The lowest BCUT2D eigenvalue weighted by Gasteiger charge is -2.13. The topological polar surface area (TPSA) is 73.6 Å². The van der Waals surface area contributed by atoms with E-state index in [4.69, 9.17) is 9.47 Å². The Labute approximate surface area is 147 Å². The maximum atomic E-state index is 5.44. The molecule has 0 saturated carbocycles. The van der Waals surface area contributed by atoms with Gasteiger partial charge >= 0.3 is 0 Å². The molecular formula is C18H23N5O2. The number of hydrogen-bond donors (Lipinski definition) is 1. The molecule has 132 valence electrons. The van der Waals surface area contributed by atoms with Crippen molar-refractivity contribution in [2.24, 2.45) is 0 Å². The molecule has 7 nitrogen and oxygen atoms in total. The number of methoxy groups -OCH3 is 2. The minimum Gasteiger partial charge on any atom is -0.497 e. The quantitative estimate of drug-likeness (QED) is 0.666. The fourth-order valence-corrected chi connectivity index (χ4v) is 2.80. The Kier molecular flexibility index (Phi) is 5.02. The summed E-state index contributed by atoms with van der Waals surface area (Å²) in [5.74, 6) is 3.28. The smallest absolute Gasteiger partial charge is 0.254 e. The lowest BCUT2D eigenvalue weighted by atomic mass is 10.1. The van der Waals surface area contributed by atoms with E-state index < -0.39 is 0 Å². The number of nitrogens with one attached hydrogen (secondary N) is 1. The second-order valence-corrected chi connectivity index (χ2v) is 5.85. The van der Waals surface area contributed by atoms with Crippen LogP contribution in [0.25, 0.3) is 5.78 Å². The molecule has 0 spiro atoms. The number of rotatable bonds is 7. The Hall–Kier alpha value is -2.83. The van der Waals surface area contributed by atoms with Crippen molar-refractivity contribution in [1.82, 2.24) is 19.6 Å². The van der Waals surface area contributed by atoms with Gasteiger partial charge in [0.15, 0.2) is 0 Å². The molecule has 0 bridgehead atoms. The van der Waals surface area contributed by atoms with Gasteiger partial charge in [-0.25, -0.2) is 4.98 Å². The third-order valence-electron chi connectivity index (χ3n) is 4.31. The molecule has 0 aliphatic carbocycles. The summed E-state index contributed by atoms with van der Waals surface area (Å²) < 4.78 is 12.5. The molecular weight excluding hydrogens is 318 g/mol. The first-order valence-corrected chi connectivity index (χ1v) is 8.25. The number of benzene rings is 1. The zero-order valence-electron chi connectivity index (χ0n) is 15.0. The SMILES string of the molecule is COc1ccc(OC)c(CCCNc2c(C)c(C)nc3ncnn23)c1. The van der Waals surface area contributed by atoms with E-state index in [0.29, 0.717) is 5.78 Å². The van der Waals surface area contributed by atoms with Gasteiger partial charge in [0, 0.05) is 17.8 Å². The van der Waals surface area contributed by atoms with E-state index in [1.807, 2.05) is 32.0 Å². The molecule has 1 aromatic carbocycles. The van der Waals surface area contributed by atoms with Crippen LogP contribution in [0.15, 0.2) is 24.5 Å². The Morgan fingerprint density at radius 1 is 1.16 bits per heavy atom. The van der Waals surface area contributed by atoms with E-state index in [2.05, 4.69) is 20.4 Å². The molecule has 0 aliphatic heterocycles. The highest BCUT2D eigenvalue weighted by Crippen LogP contribution is 2.25. The summed E-state index contributed by atoms with van der Waals surface area (Å²) >= 11 is 0. The van der Waals surface area contributed by atoms with Gasteiger partial charge in [-0.05, 0) is 50.5 Å². The normalized spacial score (nSPS) is 10.9. The van der Waals surface area contributed by atoms with Crippen molar-refractivity contribution in [2.45, 2.75) is 26.7 Å². The van der Waals surface area contributed by atoms with Crippen LogP contribution in [0.1, 0.15) is 23.2 Å². The lowest BCUT2D eigenvalue weighted by molar-refractivity contribution is 0.398. The van der Waals surface area contributed by atoms with Gasteiger partial charge in [-0.15, -0.1) is 0 Å². The van der Waals surface area contributed by atoms with E-state index in [-0.39, 0.29) is 0 Å². The Morgan fingerprint density at radius 2 is 2.00 bits per heavy atom. The van der Waals surface area contributed by atoms with Crippen LogP contribution in [0.4, 0.5) is 5.82 Å². The Bertz CT molecular complexity index is 875. The van der Waals surface area contributed by atoms with E-state index in [1.165, 1.54) is 6.33 Å². The highest BCUT2D eigenvalue weighted by Gasteiger charge is 2.11. The van der Waals surface area contributed by atoms with Crippen LogP contribution in [0.3, 0.4) is 0 Å². The molecule has 2 aromatic heterocycles. The number of nitrogens with zero attached hydrogens (tertiary/aromatic N) is 4.